The average molecular weight is 114 g/mol. The summed E-state index contributed by atoms with van der Waals surface area (Å²) in [5.74, 6) is 0. The minimum atomic E-state index is -0.0208. The Labute approximate surface area is 47.3 Å². The molecule has 4 nitrogen and oxygen atoms in total. The van der Waals surface area contributed by atoms with E-state index in [9.17, 15) is 0 Å². The molecule has 0 aromatic heterocycles. The van der Waals surface area contributed by atoms with Crippen molar-refractivity contribution in [2.45, 2.75) is 0 Å². The second kappa shape index (κ2) is 3.93. The summed E-state index contributed by atoms with van der Waals surface area (Å²) >= 11 is 0. The largest absolute Gasteiger partial charge is 0.453 e. The Morgan fingerprint density at radius 3 is 2.12 bits per heavy atom. The fraction of sp³-hybridized carbons (Fsp3) is 0.500. The lowest BCUT2D eigenvalue weighted by molar-refractivity contribution is 0.243. The summed E-state index contributed by atoms with van der Waals surface area (Å²) in [4.78, 5) is 3.14. The Balaban J connectivity index is 3.72. The van der Waals surface area contributed by atoms with Crippen LogP contribution in [0.2, 0.25) is 0 Å². The Morgan fingerprint density at radius 1 is 1.50 bits per heavy atom. The van der Waals surface area contributed by atoms with Gasteiger partial charge in [-0.1, -0.05) is 0 Å². The highest BCUT2D eigenvalue weighted by atomic mass is 16.7. The van der Waals surface area contributed by atoms with Gasteiger partial charge in [-0.3, -0.25) is 0 Å². The topological polar surface area (TPSA) is 54.6 Å². The summed E-state index contributed by atoms with van der Waals surface area (Å²) < 4.78 is 8.89. The van der Waals surface area contributed by atoms with E-state index >= 15 is 0 Å². The van der Waals surface area contributed by atoms with Gasteiger partial charge >= 0.3 is 6.08 Å². The van der Waals surface area contributed by atoms with E-state index in [0.717, 1.165) is 0 Å². The second-order valence-electron chi connectivity index (χ2n) is 0.886. The SMILES string of the molecule is COC(=NC#N)OC. The first-order chi connectivity index (χ1) is 3.85. The van der Waals surface area contributed by atoms with Crippen molar-refractivity contribution in [1.29, 1.82) is 5.26 Å². The van der Waals surface area contributed by atoms with E-state index in [2.05, 4.69) is 14.5 Å². The third-order valence-electron chi connectivity index (χ3n) is 0.491. The van der Waals surface area contributed by atoms with Gasteiger partial charge in [-0.05, 0) is 0 Å². The molecule has 0 saturated heterocycles. The van der Waals surface area contributed by atoms with Gasteiger partial charge < -0.3 is 9.47 Å². The van der Waals surface area contributed by atoms with Crippen LogP contribution in [0, 0.1) is 11.5 Å². The molecular formula is C4H6N2O2. The van der Waals surface area contributed by atoms with Crippen molar-refractivity contribution in [2.75, 3.05) is 14.2 Å². The van der Waals surface area contributed by atoms with Crippen LogP contribution in [0.15, 0.2) is 4.99 Å². The number of hydrogen-bond donors (Lipinski definition) is 0. The highest BCUT2D eigenvalue weighted by Gasteiger charge is 1.89. The average Bonchev–Trinajstić information content (AvgIpc) is 1.83. The van der Waals surface area contributed by atoms with Crippen molar-refractivity contribution in [3.05, 3.63) is 0 Å². The maximum absolute atomic E-state index is 7.90. The first kappa shape index (κ1) is 6.76. The zero-order valence-corrected chi connectivity index (χ0v) is 4.71. The van der Waals surface area contributed by atoms with Gasteiger partial charge in [-0.2, -0.15) is 5.26 Å². The van der Waals surface area contributed by atoms with Gasteiger partial charge in [-0.15, -0.1) is 4.99 Å². The molecule has 0 rings (SSSR count). The number of methoxy groups -OCH3 is 2. The predicted molar refractivity (Wildman–Crippen MR) is 27.1 cm³/mol. The molecule has 8 heavy (non-hydrogen) atoms. The van der Waals surface area contributed by atoms with E-state index in [4.69, 9.17) is 5.26 Å². The lowest BCUT2D eigenvalue weighted by atomic mass is 11.1. The molecule has 0 amide bonds. The van der Waals surface area contributed by atoms with E-state index in [1.54, 1.807) is 0 Å². The van der Waals surface area contributed by atoms with Gasteiger partial charge in [0.2, 0.25) is 6.19 Å². The maximum Gasteiger partial charge on any atom is 0.398 e. The first-order valence-corrected chi connectivity index (χ1v) is 1.90. The molecule has 0 unspecified atom stereocenters. The van der Waals surface area contributed by atoms with Gasteiger partial charge in [0.1, 0.15) is 0 Å². The summed E-state index contributed by atoms with van der Waals surface area (Å²) in [7, 11) is 2.75. The van der Waals surface area contributed by atoms with Gasteiger partial charge in [0.25, 0.3) is 0 Å². The number of aliphatic imine (C=N–C) groups is 1. The van der Waals surface area contributed by atoms with Crippen LogP contribution in [0.4, 0.5) is 0 Å². The van der Waals surface area contributed by atoms with E-state index in [1.165, 1.54) is 20.4 Å². The van der Waals surface area contributed by atoms with E-state index in [0.29, 0.717) is 0 Å². The van der Waals surface area contributed by atoms with Crippen molar-refractivity contribution >= 4 is 6.08 Å². The van der Waals surface area contributed by atoms with Gasteiger partial charge in [0.05, 0.1) is 14.2 Å². The Kier molecular flexibility index (Phi) is 3.32. The van der Waals surface area contributed by atoms with Gasteiger partial charge in [0.15, 0.2) is 0 Å². The molecule has 0 heterocycles. The van der Waals surface area contributed by atoms with Crippen molar-refractivity contribution < 1.29 is 9.47 Å². The van der Waals surface area contributed by atoms with Crippen molar-refractivity contribution in [3.63, 3.8) is 0 Å². The summed E-state index contributed by atoms with van der Waals surface area (Å²) in [5.41, 5.74) is 0. The molecule has 0 fully saturated rings. The van der Waals surface area contributed by atoms with Crippen LogP contribution < -0.4 is 0 Å². The molecule has 0 saturated carbocycles. The fourth-order valence-corrected chi connectivity index (χ4v) is 0.215. The second-order valence-corrected chi connectivity index (χ2v) is 0.886. The van der Waals surface area contributed by atoms with Crippen molar-refractivity contribution in [1.82, 2.24) is 0 Å². The summed E-state index contributed by atoms with van der Waals surface area (Å²) in [5, 5.41) is 7.90. The Morgan fingerprint density at radius 2 is 2.00 bits per heavy atom. The third-order valence-corrected chi connectivity index (χ3v) is 0.491. The monoisotopic (exact) mass is 114 g/mol. The maximum atomic E-state index is 7.90. The summed E-state index contributed by atoms with van der Waals surface area (Å²) in [6, 6.07) is 0. The zero-order valence-electron chi connectivity index (χ0n) is 4.71. The minimum absolute atomic E-state index is 0.0208. The molecule has 0 radical (unpaired) electrons. The van der Waals surface area contributed by atoms with Crippen LogP contribution in [0.1, 0.15) is 0 Å². The lowest BCUT2D eigenvalue weighted by Crippen LogP contribution is -2.01. The molecule has 0 bridgehead atoms. The molecule has 0 N–H and O–H groups in total. The predicted octanol–water partition coefficient (Wildman–Crippen LogP) is 0.116. The van der Waals surface area contributed by atoms with Crippen LogP contribution in [-0.4, -0.2) is 20.3 Å². The Hall–Kier alpha value is -1.24. The lowest BCUT2D eigenvalue weighted by Gasteiger charge is -1.95. The highest BCUT2D eigenvalue weighted by Crippen LogP contribution is 1.77. The van der Waals surface area contributed by atoms with Crippen LogP contribution in [0.5, 0.6) is 0 Å². The van der Waals surface area contributed by atoms with Gasteiger partial charge in [0, 0.05) is 0 Å². The fourth-order valence-electron chi connectivity index (χ4n) is 0.215. The molecule has 0 aromatic carbocycles. The molecule has 0 aliphatic carbocycles. The highest BCUT2D eigenvalue weighted by molar-refractivity contribution is 5.67. The molecule has 0 aromatic rings. The molecule has 44 valence electrons. The Bertz CT molecular complexity index is 118. The van der Waals surface area contributed by atoms with Crippen LogP contribution in [-0.2, 0) is 9.47 Å². The molecule has 0 atom stereocenters. The number of nitrogens with zero attached hydrogens (tertiary/aromatic N) is 2. The number of ether oxygens (including phenoxy) is 2. The van der Waals surface area contributed by atoms with E-state index in [1.807, 2.05) is 0 Å². The first-order valence-electron chi connectivity index (χ1n) is 1.90. The molecule has 4 heteroatoms. The summed E-state index contributed by atoms with van der Waals surface area (Å²) in [6.45, 7) is 0. The molecule has 0 aliphatic rings. The molecular weight excluding hydrogens is 108 g/mol. The minimum Gasteiger partial charge on any atom is -0.453 e. The van der Waals surface area contributed by atoms with Crippen LogP contribution in [0.3, 0.4) is 0 Å². The van der Waals surface area contributed by atoms with Crippen LogP contribution in [0.25, 0.3) is 0 Å². The number of hydrogen-bond acceptors (Lipinski definition) is 4. The van der Waals surface area contributed by atoms with E-state index in [-0.39, 0.29) is 6.08 Å². The summed E-state index contributed by atoms with van der Waals surface area (Å²) in [6.07, 6.45) is 1.49. The standard InChI is InChI=1S/C4H6N2O2/c1-7-4(8-2)6-3-5/h1-2H3. The number of rotatable bonds is 0. The third kappa shape index (κ3) is 2.03. The smallest absolute Gasteiger partial charge is 0.398 e. The normalized spacial score (nSPS) is 6.62. The molecule has 0 spiro atoms. The van der Waals surface area contributed by atoms with Crippen LogP contribution >= 0.6 is 0 Å². The van der Waals surface area contributed by atoms with Crippen molar-refractivity contribution in [3.8, 4) is 6.19 Å². The zero-order chi connectivity index (χ0) is 6.41. The number of nitriles is 1. The van der Waals surface area contributed by atoms with Gasteiger partial charge in [-0.25, -0.2) is 0 Å². The van der Waals surface area contributed by atoms with Crippen molar-refractivity contribution in [2.24, 2.45) is 4.99 Å². The van der Waals surface area contributed by atoms with E-state index < -0.39 is 0 Å². The molecule has 0 aliphatic heterocycles. The quantitative estimate of drug-likeness (QED) is 0.255.